The third-order valence-electron chi connectivity index (χ3n) is 4.11. The first-order valence-electron chi connectivity index (χ1n) is 8.25. The highest BCUT2D eigenvalue weighted by Gasteiger charge is 2.25. The Morgan fingerprint density at radius 2 is 1.77 bits per heavy atom. The summed E-state index contributed by atoms with van der Waals surface area (Å²) in [5.41, 5.74) is 5.23. The summed E-state index contributed by atoms with van der Waals surface area (Å²) in [4.78, 5) is 7.99. The van der Waals surface area contributed by atoms with Gasteiger partial charge in [-0.1, -0.05) is 45.2 Å². The molecule has 0 saturated heterocycles. The van der Waals surface area contributed by atoms with Crippen LogP contribution in [-0.2, 0) is 0 Å². The molecule has 0 atom stereocenters. The summed E-state index contributed by atoms with van der Waals surface area (Å²) < 4.78 is 43.9. The maximum Gasteiger partial charge on any atom is 0.185 e. The van der Waals surface area contributed by atoms with Crippen LogP contribution >= 0.6 is 0 Å². The molecule has 1 aromatic carbocycles. The Morgan fingerprint density at radius 1 is 1.12 bits per heavy atom. The highest BCUT2D eigenvalue weighted by molar-refractivity contribution is 5.93. The van der Waals surface area contributed by atoms with Gasteiger partial charge in [0, 0.05) is 11.6 Å². The fraction of sp³-hybridized carbons (Fsp3) is 0.263. The number of nitrogens with zero attached hydrogens (tertiary/aromatic N) is 2. The summed E-state index contributed by atoms with van der Waals surface area (Å²) in [6, 6.07) is -0.209. The van der Waals surface area contributed by atoms with Crippen molar-refractivity contribution in [3.05, 3.63) is 54.7 Å². The number of fused-ring (bicyclic) bond motifs is 1. The maximum absolute atomic E-state index is 15.0. The minimum Gasteiger partial charge on any atom is -0.383 e. The van der Waals surface area contributed by atoms with Gasteiger partial charge in [0.05, 0.1) is 5.39 Å². The summed E-state index contributed by atoms with van der Waals surface area (Å²) in [5.74, 6) is -3.94. The van der Waals surface area contributed by atoms with Gasteiger partial charge in [0.1, 0.15) is 17.0 Å². The Labute approximate surface area is 150 Å². The van der Waals surface area contributed by atoms with Crippen LogP contribution in [0.3, 0.4) is 0 Å². The van der Waals surface area contributed by atoms with E-state index in [1.54, 1.807) is 6.08 Å². The number of rotatable bonds is 7. The molecule has 0 radical (unpaired) electrons. The van der Waals surface area contributed by atoms with E-state index >= 15 is 0 Å². The summed E-state index contributed by atoms with van der Waals surface area (Å²) >= 11 is 0. The molecular formula is C19H21F3N4. The van der Waals surface area contributed by atoms with E-state index in [9.17, 15) is 13.2 Å². The molecule has 2 rings (SSSR count). The van der Waals surface area contributed by atoms with Gasteiger partial charge in [-0.25, -0.2) is 23.1 Å². The van der Waals surface area contributed by atoms with Crippen LogP contribution in [-0.4, -0.2) is 16.0 Å². The Kier molecular flexibility index (Phi) is 6.02. The molecule has 3 N–H and O–H groups in total. The van der Waals surface area contributed by atoms with E-state index in [0.717, 1.165) is 0 Å². The molecule has 0 spiro atoms. The normalized spacial score (nSPS) is 11.8. The predicted molar refractivity (Wildman–Crippen MR) is 100 cm³/mol. The van der Waals surface area contributed by atoms with Crippen molar-refractivity contribution in [2.45, 2.75) is 32.7 Å². The summed E-state index contributed by atoms with van der Waals surface area (Å²) in [7, 11) is 0. The van der Waals surface area contributed by atoms with Gasteiger partial charge >= 0.3 is 0 Å². The molecule has 1 aromatic heterocycles. The molecule has 1 heterocycles. The number of anilines is 2. The number of halogens is 3. The topological polar surface area (TPSA) is 63.8 Å². The van der Waals surface area contributed by atoms with Gasteiger partial charge in [-0.3, -0.25) is 0 Å². The molecule has 26 heavy (non-hydrogen) atoms. The first kappa shape index (κ1) is 19.5. The molecule has 4 nitrogen and oxygen atoms in total. The maximum atomic E-state index is 15.0. The number of aromatic nitrogens is 2. The Hall–Kier alpha value is -2.83. The van der Waals surface area contributed by atoms with E-state index in [0.29, 0.717) is 18.4 Å². The van der Waals surface area contributed by atoms with Crippen molar-refractivity contribution in [2.24, 2.45) is 0 Å². The van der Waals surface area contributed by atoms with Crippen LogP contribution in [0.2, 0.25) is 0 Å². The fourth-order valence-electron chi connectivity index (χ4n) is 2.60. The van der Waals surface area contributed by atoms with Crippen LogP contribution in [0.15, 0.2) is 31.4 Å². The van der Waals surface area contributed by atoms with Crippen LogP contribution in [0.25, 0.3) is 16.5 Å². The van der Waals surface area contributed by atoms with E-state index in [2.05, 4.69) is 28.4 Å². The largest absolute Gasteiger partial charge is 0.383 e. The molecule has 0 aliphatic rings. The van der Waals surface area contributed by atoms with E-state index in [1.165, 1.54) is 12.2 Å². The van der Waals surface area contributed by atoms with E-state index < -0.39 is 34.0 Å². The van der Waals surface area contributed by atoms with Crippen molar-refractivity contribution in [3.63, 3.8) is 0 Å². The number of nitrogens with one attached hydrogen (secondary N) is 1. The number of nitrogen functional groups attached to an aromatic ring is 1. The second-order valence-electron chi connectivity index (χ2n) is 5.69. The van der Waals surface area contributed by atoms with Gasteiger partial charge in [0.2, 0.25) is 0 Å². The number of hydrogen-bond acceptors (Lipinski definition) is 4. The first-order chi connectivity index (χ1) is 12.4. The van der Waals surface area contributed by atoms with Crippen molar-refractivity contribution >= 4 is 28.0 Å². The van der Waals surface area contributed by atoms with Crippen LogP contribution in [0.5, 0.6) is 0 Å². The lowest BCUT2D eigenvalue weighted by Crippen LogP contribution is -2.20. The minimum absolute atomic E-state index is 0.0447. The second kappa shape index (κ2) is 8.03. The van der Waals surface area contributed by atoms with Gasteiger partial charge < -0.3 is 11.1 Å². The minimum atomic E-state index is -1.34. The number of hydrogen-bond donors (Lipinski definition) is 2. The molecule has 7 heteroatoms. The zero-order valence-electron chi connectivity index (χ0n) is 14.7. The van der Waals surface area contributed by atoms with Crippen molar-refractivity contribution in [3.8, 4) is 0 Å². The van der Waals surface area contributed by atoms with Crippen LogP contribution < -0.4 is 11.1 Å². The van der Waals surface area contributed by atoms with Crippen LogP contribution in [0.4, 0.5) is 24.7 Å². The highest BCUT2D eigenvalue weighted by atomic mass is 19.2. The second-order valence-corrected chi connectivity index (χ2v) is 5.69. The molecule has 2 aromatic rings. The lowest BCUT2D eigenvalue weighted by Gasteiger charge is -2.19. The Bertz CT molecular complexity index is 886. The van der Waals surface area contributed by atoms with Gasteiger partial charge in [-0.2, -0.15) is 0 Å². The monoisotopic (exact) mass is 362 g/mol. The Morgan fingerprint density at radius 3 is 2.31 bits per heavy atom. The molecule has 0 amide bonds. The van der Waals surface area contributed by atoms with Crippen molar-refractivity contribution in [2.75, 3.05) is 11.1 Å². The number of nitrogens with two attached hydrogens (primary N) is 1. The first-order valence-corrected chi connectivity index (χ1v) is 8.25. The number of benzene rings is 1. The molecule has 138 valence electrons. The number of allylic oxidation sites excluding steroid dienone is 4. The van der Waals surface area contributed by atoms with E-state index in [1.807, 2.05) is 13.8 Å². The SMILES string of the molecule is C=C/C=C(\C=C)c1nc(N)c2c(F)c(F)c(NC(CC)CC)c(F)c2n1. The molecule has 0 saturated carbocycles. The third-order valence-corrected chi connectivity index (χ3v) is 4.11. The lowest BCUT2D eigenvalue weighted by molar-refractivity contribution is 0.505. The van der Waals surface area contributed by atoms with Gasteiger partial charge in [0.15, 0.2) is 23.3 Å². The van der Waals surface area contributed by atoms with Crippen molar-refractivity contribution in [1.29, 1.82) is 0 Å². The zero-order chi connectivity index (χ0) is 19.4. The molecule has 0 aliphatic carbocycles. The predicted octanol–water partition coefficient (Wildman–Crippen LogP) is 4.99. The average Bonchev–Trinajstić information content (AvgIpc) is 2.64. The van der Waals surface area contributed by atoms with Crippen LogP contribution in [0, 0.1) is 17.5 Å². The van der Waals surface area contributed by atoms with Crippen molar-refractivity contribution < 1.29 is 13.2 Å². The molecule has 0 bridgehead atoms. The lowest BCUT2D eigenvalue weighted by atomic mass is 10.1. The Balaban J connectivity index is 2.80. The van der Waals surface area contributed by atoms with E-state index in [-0.39, 0.29) is 17.7 Å². The summed E-state index contributed by atoms with van der Waals surface area (Å²) in [5, 5.41) is 2.23. The summed E-state index contributed by atoms with van der Waals surface area (Å²) in [6.07, 6.45) is 5.70. The standard InChI is InChI=1S/C19H21F3N4/c1-5-9-10(6-2)19-25-16-12(18(23)26-19)13(20)14(21)17(15(16)22)24-11(7-3)8-4/h5-6,9,11,24H,1-2,7-8H2,3-4H3,(H2,23,25,26)/b10-9+. The average molecular weight is 362 g/mol. The molecular weight excluding hydrogens is 341 g/mol. The summed E-state index contributed by atoms with van der Waals surface area (Å²) in [6.45, 7) is 10.9. The fourth-order valence-corrected chi connectivity index (χ4v) is 2.60. The van der Waals surface area contributed by atoms with Gasteiger partial charge in [-0.15, -0.1) is 0 Å². The van der Waals surface area contributed by atoms with Crippen molar-refractivity contribution in [1.82, 2.24) is 9.97 Å². The molecule has 0 fully saturated rings. The molecule has 0 aliphatic heterocycles. The van der Waals surface area contributed by atoms with Gasteiger partial charge in [-0.05, 0) is 12.8 Å². The zero-order valence-corrected chi connectivity index (χ0v) is 14.7. The molecule has 0 unspecified atom stereocenters. The van der Waals surface area contributed by atoms with Gasteiger partial charge in [0.25, 0.3) is 0 Å². The smallest absolute Gasteiger partial charge is 0.185 e. The van der Waals surface area contributed by atoms with E-state index in [4.69, 9.17) is 5.73 Å². The van der Waals surface area contributed by atoms with Crippen LogP contribution in [0.1, 0.15) is 32.5 Å². The highest BCUT2D eigenvalue weighted by Crippen LogP contribution is 2.34. The third kappa shape index (κ3) is 3.42. The quantitative estimate of drug-likeness (QED) is 0.538.